The first kappa shape index (κ1) is 11.4. The van der Waals surface area contributed by atoms with Crippen LogP contribution >= 0.6 is 0 Å². The van der Waals surface area contributed by atoms with Gasteiger partial charge in [0.1, 0.15) is 5.75 Å². The summed E-state index contributed by atoms with van der Waals surface area (Å²) in [6.07, 6.45) is 0. The minimum absolute atomic E-state index is 0.294. The van der Waals surface area contributed by atoms with Gasteiger partial charge in [-0.25, -0.2) is 0 Å². The van der Waals surface area contributed by atoms with Gasteiger partial charge in [0.15, 0.2) is 0 Å². The van der Waals surface area contributed by atoms with Gasteiger partial charge in [0.05, 0.1) is 0 Å². The number of nitrogens with one attached hydrogen (secondary N) is 1. The first-order valence-corrected chi connectivity index (χ1v) is 5.93. The number of piperazine rings is 1. The van der Waals surface area contributed by atoms with Crippen molar-refractivity contribution in [2.45, 2.75) is 19.9 Å². The van der Waals surface area contributed by atoms with Crippen molar-refractivity contribution in [3.8, 4) is 5.75 Å². The molecule has 1 fully saturated rings. The zero-order valence-corrected chi connectivity index (χ0v) is 10.0. The quantitative estimate of drug-likeness (QED) is 0.796. The van der Waals surface area contributed by atoms with Crippen LogP contribution in [0.25, 0.3) is 0 Å². The second-order valence-corrected chi connectivity index (χ2v) is 4.52. The van der Waals surface area contributed by atoms with Crippen LogP contribution in [0.4, 0.5) is 0 Å². The topological polar surface area (TPSA) is 35.5 Å². The van der Waals surface area contributed by atoms with Gasteiger partial charge in [-0.2, -0.15) is 0 Å². The molecule has 0 bridgehead atoms. The monoisotopic (exact) mass is 220 g/mol. The molecule has 2 N–H and O–H groups in total. The van der Waals surface area contributed by atoms with E-state index >= 15 is 0 Å². The normalized spacial score (nSPS) is 19.6. The minimum atomic E-state index is 0.294. The maximum absolute atomic E-state index is 9.95. The van der Waals surface area contributed by atoms with Crippen molar-refractivity contribution in [2.24, 2.45) is 0 Å². The number of benzene rings is 1. The third-order valence-electron chi connectivity index (χ3n) is 3.34. The van der Waals surface area contributed by atoms with E-state index in [1.807, 2.05) is 19.1 Å². The molecule has 0 amide bonds. The standard InChI is InChI=1S/C13H20N2O/c1-10-3-4-12(13(16)9-10)11(2)15-7-5-14-6-8-15/h3-4,9,11,14,16H,5-8H2,1-2H3/t11-/m1/s1. The van der Waals surface area contributed by atoms with Crippen molar-refractivity contribution in [1.82, 2.24) is 10.2 Å². The molecule has 0 aromatic heterocycles. The molecule has 0 unspecified atom stereocenters. The largest absolute Gasteiger partial charge is 0.508 e. The molecule has 1 aromatic rings. The van der Waals surface area contributed by atoms with Gasteiger partial charge < -0.3 is 10.4 Å². The molecule has 1 atom stereocenters. The van der Waals surface area contributed by atoms with E-state index in [0.717, 1.165) is 37.3 Å². The molecule has 1 aromatic carbocycles. The van der Waals surface area contributed by atoms with Crippen molar-refractivity contribution in [2.75, 3.05) is 26.2 Å². The molecule has 2 rings (SSSR count). The van der Waals surface area contributed by atoms with Crippen LogP contribution in [0.15, 0.2) is 18.2 Å². The third-order valence-corrected chi connectivity index (χ3v) is 3.34. The molecular weight excluding hydrogens is 200 g/mol. The average molecular weight is 220 g/mol. The van der Waals surface area contributed by atoms with E-state index in [1.165, 1.54) is 0 Å². The third kappa shape index (κ3) is 2.36. The predicted molar refractivity (Wildman–Crippen MR) is 65.7 cm³/mol. The summed E-state index contributed by atoms with van der Waals surface area (Å²) >= 11 is 0. The summed E-state index contributed by atoms with van der Waals surface area (Å²) in [6, 6.07) is 6.24. The predicted octanol–water partition coefficient (Wildman–Crippen LogP) is 1.67. The molecule has 3 nitrogen and oxygen atoms in total. The van der Waals surface area contributed by atoms with E-state index in [-0.39, 0.29) is 0 Å². The molecule has 3 heteroatoms. The van der Waals surface area contributed by atoms with E-state index in [0.29, 0.717) is 11.8 Å². The first-order chi connectivity index (χ1) is 7.68. The van der Waals surface area contributed by atoms with Crippen LogP contribution in [0, 0.1) is 6.92 Å². The van der Waals surface area contributed by atoms with Gasteiger partial charge in [0.25, 0.3) is 0 Å². The van der Waals surface area contributed by atoms with Crippen LogP contribution in [-0.4, -0.2) is 36.2 Å². The molecule has 1 heterocycles. The lowest BCUT2D eigenvalue weighted by Crippen LogP contribution is -2.44. The second kappa shape index (κ2) is 4.85. The molecule has 16 heavy (non-hydrogen) atoms. The maximum atomic E-state index is 9.95. The van der Waals surface area contributed by atoms with E-state index in [1.54, 1.807) is 0 Å². The zero-order valence-electron chi connectivity index (χ0n) is 10.0. The molecular formula is C13H20N2O. The van der Waals surface area contributed by atoms with E-state index in [4.69, 9.17) is 0 Å². The Bertz CT molecular complexity index is 359. The molecule has 1 aliphatic rings. The summed E-state index contributed by atoms with van der Waals surface area (Å²) in [5.74, 6) is 0.422. The Morgan fingerprint density at radius 3 is 2.62 bits per heavy atom. The molecule has 1 saturated heterocycles. The second-order valence-electron chi connectivity index (χ2n) is 4.52. The first-order valence-electron chi connectivity index (χ1n) is 5.93. The smallest absolute Gasteiger partial charge is 0.120 e. The van der Waals surface area contributed by atoms with Crippen molar-refractivity contribution in [3.05, 3.63) is 29.3 Å². The highest BCUT2D eigenvalue weighted by Crippen LogP contribution is 2.29. The molecule has 0 spiro atoms. The highest BCUT2D eigenvalue weighted by Gasteiger charge is 2.19. The fourth-order valence-corrected chi connectivity index (χ4v) is 2.27. The maximum Gasteiger partial charge on any atom is 0.120 e. The van der Waals surface area contributed by atoms with Crippen LogP contribution in [0.1, 0.15) is 24.1 Å². The summed E-state index contributed by atoms with van der Waals surface area (Å²) in [4.78, 5) is 2.40. The minimum Gasteiger partial charge on any atom is -0.508 e. The Morgan fingerprint density at radius 1 is 1.31 bits per heavy atom. The van der Waals surface area contributed by atoms with Gasteiger partial charge in [-0.1, -0.05) is 12.1 Å². The van der Waals surface area contributed by atoms with Crippen molar-refractivity contribution in [1.29, 1.82) is 0 Å². The summed E-state index contributed by atoms with van der Waals surface area (Å²) in [5.41, 5.74) is 2.14. The highest BCUT2D eigenvalue weighted by atomic mass is 16.3. The molecule has 88 valence electrons. The number of rotatable bonds is 2. The molecule has 1 aliphatic heterocycles. The lowest BCUT2D eigenvalue weighted by Gasteiger charge is -2.33. The fraction of sp³-hybridized carbons (Fsp3) is 0.538. The lowest BCUT2D eigenvalue weighted by molar-refractivity contribution is 0.183. The number of nitrogens with zero attached hydrogens (tertiary/aromatic N) is 1. The Labute approximate surface area is 97.1 Å². The Kier molecular flexibility index (Phi) is 3.46. The lowest BCUT2D eigenvalue weighted by atomic mass is 10.0. The summed E-state index contributed by atoms with van der Waals surface area (Å²) < 4.78 is 0. The number of hydrogen-bond acceptors (Lipinski definition) is 3. The van der Waals surface area contributed by atoms with Gasteiger partial charge in [0.2, 0.25) is 0 Å². The van der Waals surface area contributed by atoms with Crippen molar-refractivity contribution >= 4 is 0 Å². The average Bonchev–Trinajstić information content (AvgIpc) is 2.29. The van der Waals surface area contributed by atoms with Gasteiger partial charge in [-0.05, 0) is 25.5 Å². The Balaban J connectivity index is 2.15. The molecule has 0 saturated carbocycles. The van der Waals surface area contributed by atoms with Crippen molar-refractivity contribution < 1.29 is 5.11 Å². The Hall–Kier alpha value is -1.06. The Morgan fingerprint density at radius 2 is 2.00 bits per heavy atom. The van der Waals surface area contributed by atoms with Crippen LogP contribution in [0.5, 0.6) is 5.75 Å². The summed E-state index contributed by atoms with van der Waals surface area (Å²) in [7, 11) is 0. The van der Waals surface area contributed by atoms with Crippen molar-refractivity contribution in [3.63, 3.8) is 0 Å². The van der Waals surface area contributed by atoms with Gasteiger partial charge in [-0.15, -0.1) is 0 Å². The number of phenols is 1. The fourth-order valence-electron chi connectivity index (χ4n) is 2.27. The highest BCUT2D eigenvalue weighted by molar-refractivity contribution is 5.37. The molecule has 0 aliphatic carbocycles. The van der Waals surface area contributed by atoms with Crippen LogP contribution in [0.2, 0.25) is 0 Å². The van der Waals surface area contributed by atoms with Gasteiger partial charge in [0, 0.05) is 37.8 Å². The van der Waals surface area contributed by atoms with Crippen LogP contribution in [-0.2, 0) is 0 Å². The SMILES string of the molecule is Cc1ccc([C@@H](C)N2CCNCC2)c(O)c1. The summed E-state index contributed by atoms with van der Waals surface area (Å²) in [6.45, 7) is 8.34. The van der Waals surface area contributed by atoms with Crippen LogP contribution < -0.4 is 5.32 Å². The number of aromatic hydroxyl groups is 1. The number of hydrogen-bond donors (Lipinski definition) is 2. The van der Waals surface area contributed by atoms with Gasteiger partial charge >= 0.3 is 0 Å². The number of aryl methyl sites for hydroxylation is 1. The number of phenolic OH excluding ortho intramolecular Hbond substituents is 1. The zero-order chi connectivity index (χ0) is 11.5. The van der Waals surface area contributed by atoms with Gasteiger partial charge in [-0.3, -0.25) is 4.90 Å². The van der Waals surface area contributed by atoms with E-state index < -0.39 is 0 Å². The van der Waals surface area contributed by atoms with Crippen LogP contribution in [0.3, 0.4) is 0 Å². The van der Waals surface area contributed by atoms with E-state index in [9.17, 15) is 5.11 Å². The summed E-state index contributed by atoms with van der Waals surface area (Å²) in [5, 5.41) is 13.3. The molecule has 0 radical (unpaired) electrons. The van der Waals surface area contributed by atoms with E-state index in [2.05, 4.69) is 23.2 Å².